The number of benzene rings is 2. The van der Waals surface area contributed by atoms with Crippen molar-refractivity contribution < 1.29 is 18.7 Å². The van der Waals surface area contributed by atoms with Crippen LogP contribution in [0.3, 0.4) is 0 Å². The number of para-hydroxylation sites is 1. The van der Waals surface area contributed by atoms with E-state index < -0.39 is 6.04 Å². The molecular formula is C26H29N5O4. The van der Waals surface area contributed by atoms with Crippen molar-refractivity contribution in [3.63, 3.8) is 0 Å². The van der Waals surface area contributed by atoms with Gasteiger partial charge in [-0.2, -0.15) is 0 Å². The Balaban J connectivity index is 1.69. The zero-order valence-electron chi connectivity index (χ0n) is 20.0. The molecule has 0 spiro atoms. The van der Waals surface area contributed by atoms with Gasteiger partial charge in [0.15, 0.2) is 0 Å². The maximum atomic E-state index is 13.8. The minimum atomic E-state index is -0.878. The summed E-state index contributed by atoms with van der Waals surface area (Å²) in [4.78, 5) is 29.0. The second-order valence-corrected chi connectivity index (χ2v) is 8.27. The SMILES string of the molecule is CC[C@H](C)N(C(=O)Cn1nnc2ccccc21)[C@@H](C(=O)NCc1ccco1)c1cccc(OC)c1. The van der Waals surface area contributed by atoms with E-state index in [4.69, 9.17) is 9.15 Å². The van der Waals surface area contributed by atoms with Gasteiger partial charge in [0.05, 0.1) is 25.4 Å². The van der Waals surface area contributed by atoms with Gasteiger partial charge < -0.3 is 19.4 Å². The lowest BCUT2D eigenvalue weighted by Crippen LogP contribution is -2.48. The number of amides is 2. The van der Waals surface area contributed by atoms with Gasteiger partial charge in [0.1, 0.15) is 29.6 Å². The molecule has 2 amide bonds. The fourth-order valence-corrected chi connectivity index (χ4v) is 4.02. The molecule has 2 aromatic heterocycles. The largest absolute Gasteiger partial charge is 0.497 e. The molecule has 2 atom stereocenters. The molecule has 0 bridgehead atoms. The Morgan fingerprint density at radius 3 is 2.71 bits per heavy atom. The van der Waals surface area contributed by atoms with E-state index in [-0.39, 0.29) is 30.9 Å². The van der Waals surface area contributed by atoms with Crippen LogP contribution in [0.15, 0.2) is 71.3 Å². The van der Waals surface area contributed by atoms with Crippen LogP contribution in [0.5, 0.6) is 5.75 Å². The number of ether oxygens (including phenoxy) is 1. The van der Waals surface area contributed by atoms with E-state index in [0.717, 1.165) is 5.52 Å². The average Bonchev–Trinajstić information content (AvgIpc) is 3.55. The van der Waals surface area contributed by atoms with Crippen LogP contribution in [-0.4, -0.2) is 44.9 Å². The first kappa shape index (κ1) is 24.0. The van der Waals surface area contributed by atoms with E-state index in [2.05, 4.69) is 15.6 Å². The number of nitrogens with zero attached hydrogens (tertiary/aromatic N) is 4. The van der Waals surface area contributed by atoms with Crippen molar-refractivity contribution in [2.45, 2.75) is 45.4 Å². The molecule has 0 aliphatic rings. The smallest absolute Gasteiger partial charge is 0.247 e. The molecule has 0 fully saturated rings. The summed E-state index contributed by atoms with van der Waals surface area (Å²) < 4.78 is 12.3. The molecule has 9 heteroatoms. The molecule has 0 saturated heterocycles. The molecule has 182 valence electrons. The number of methoxy groups -OCH3 is 1. The standard InChI is InChI=1S/C26H29N5O4/c1-4-18(2)31(24(32)17-30-23-13-6-5-12-22(23)28-29-30)25(19-9-7-10-20(15-19)34-3)26(33)27-16-21-11-8-14-35-21/h5-15,18,25H,4,16-17H2,1-3H3,(H,27,33)/t18-,25+/m0/s1. The maximum Gasteiger partial charge on any atom is 0.247 e. The van der Waals surface area contributed by atoms with Crippen molar-refractivity contribution >= 4 is 22.8 Å². The summed E-state index contributed by atoms with van der Waals surface area (Å²) in [6.45, 7) is 4.09. The van der Waals surface area contributed by atoms with Gasteiger partial charge in [-0.15, -0.1) is 5.10 Å². The van der Waals surface area contributed by atoms with Crippen LogP contribution in [0.2, 0.25) is 0 Å². The summed E-state index contributed by atoms with van der Waals surface area (Å²) >= 11 is 0. The van der Waals surface area contributed by atoms with Gasteiger partial charge >= 0.3 is 0 Å². The lowest BCUT2D eigenvalue weighted by Gasteiger charge is -2.36. The Labute approximate surface area is 203 Å². The molecule has 0 radical (unpaired) electrons. The van der Waals surface area contributed by atoms with E-state index in [1.165, 1.54) is 0 Å². The quantitative estimate of drug-likeness (QED) is 0.375. The van der Waals surface area contributed by atoms with Crippen molar-refractivity contribution in [2.24, 2.45) is 0 Å². The minimum Gasteiger partial charge on any atom is -0.497 e. The summed E-state index contributed by atoms with van der Waals surface area (Å²) in [7, 11) is 1.57. The number of furan rings is 1. The van der Waals surface area contributed by atoms with Crippen molar-refractivity contribution in [1.82, 2.24) is 25.2 Å². The van der Waals surface area contributed by atoms with Crippen molar-refractivity contribution in [1.29, 1.82) is 0 Å². The highest BCUT2D eigenvalue weighted by atomic mass is 16.5. The number of rotatable bonds is 10. The third-order valence-corrected chi connectivity index (χ3v) is 6.01. The van der Waals surface area contributed by atoms with E-state index in [9.17, 15) is 9.59 Å². The molecule has 9 nitrogen and oxygen atoms in total. The highest BCUT2D eigenvalue weighted by Crippen LogP contribution is 2.28. The van der Waals surface area contributed by atoms with Gasteiger partial charge in [-0.05, 0) is 55.3 Å². The summed E-state index contributed by atoms with van der Waals surface area (Å²) in [5.74, 6) is 0.672. The Morgan fingerprint density at radius 1 is 1.14 bits per heavy atom. The lowest BCUT2D eigenvalue weighted by molar-refractivity contribution is -0.144. The lowest BCUT2D eigenvalue weighted by atomic mass is 10.0. The first-order chi connectivity index (χ1) is 17.0. The second-order valence-electron chi connectivity index (χ2n) is 8.27. The van der Waals surface area contributed by atoms with Crippen molar-refractivity contribution in [2.75, 3.05) is 7.11 Å². The molecule has 1 N–H and O–H groups in total. The first-order valence-electron chi connectivity index (χ1n) is 11.5. The summed E-state index contributed by atoms with van der Waals surface area (Å²) in [6.07, 6.45) is 2.22. The van der Waals surface area contributed by atoms with Gasteiger partial charge in [-0.1, -0.05) is 36.4 Å². The minimum absolute atomic E-state index is 0.0449. The fraction of sp³-hybridized carbons (Fsp3) is 0.308. The van der Waals surface area contributed by atoms with Crippen molar-refractivity contribution in [3.05, 3.63) is 78.3 Å². The maximum absolute atomic E-state index is 13.8. The predicted molar refractivity (Wildman–Crippen MR) is 130 cm³/mol. The third-order valence-electron chi connectivity index (χ3n) is 6.01. The van der Waals surface area contributed by atoms with Crippen LogP contribution in [-0.2, 0) is 22.7 Å². The van der Waals surface area contributed by atoms with Crippen molar-refractivity contribution in [3.8, 4) is 5.75 Å². The number of aromatic nitrogens is 3. The number of fused-ring (bicyclic) bond motifs is 1. The molecule has 0 unspecified atom stereocenters. The zero-order chi connectivity index (χ0) is 24.8. The van der Waals surface area contributed by atoms with Gasteiger partial charge in [-0.25, -0.2) is 4.68 Å². The molecule has 0 aliphatic carbocycles. The predicted octanol–water partition coefficient (Wildman–Crippen LogP) is 3.72. The Morgan fingerprint density at radius 2 is 1.97 bits per heavy atom. The number of carbonyl (C=O) groups is 2. The van der Waals surface area contributed by atoms with Crippen LogP contribution in [0.4, 0.5) is 0 Å². The molecule has 2 aromatic carbocycles. The molecule has 0 saturated carbocycles. The highest BCUT2D eigenvalue weighted by Gasteiger charge is 2.35. The number of hydrogen-bond donors (Lipinski definition) is 1. The number of hydrogen-bond acceptors (Lipinski definition) is 6. The van der Waals surface area contributed by atoms with Gasteiger partial charge in [0, 0.05) is 6.04 Å². The molecular weight excluding hydrogens is 446 g/mol. The van der Waals surface area contributed by atoms with E-state index in [0.29, 0.717) is 29.0 Å². The normalized spacial score (nSPS) is 12.8. The molecule has 0 aliphatic heterocycles. The van der Waals surface area contributed by atoms with Gasteiger partial charge in [0.2, 0.25) is 11.8 Å². The van der Waals surface area contributed by atoms with Crippen LogP contribution in [0.1, 0.15) is 37.6 Å². The number of carbonyl (C=O) groups excluding carboxylic acids is 2. The first-order valence-corrected chi connectivity index (χ1v) is 11.5. The summed E-state index contributed by atoms with van der Waals surface area (Å²) in [5.41, 5.74) is 2.11. The third kappa shape index (κ3) is 5.34. The molecule has 4 aromatic rings. The van der Waals surface area contributed by atoms with Gasteiger partial charge in [-0.3, -0.25) is 9.59 Å². The summed E-state index contributed by atoms with van der Waals surface area (Å²) in [6, 6.07) is 17.1. The molecule has 35 heavy (non-hydrogen) atoms. The highest BCUT2D eigenvalue weighted by molar-refractivity contribution is 5.89. The van der Waals surface area contributed by atoms with Crippen LogP contribution in [0, 0.1) is 0 Å². The Hall–Kier alpha value is -4.14. The average molecular weight is 476 g/mol. The zero-order valence-corrected chi connectivity index (χ0v) is 20.0. The van der Waals surface area contributed by atoms with Gasteiger partial charge in [0.25, 0.3) is 0 Å². The van der Waals surface area contributed by atoms with E-state index in [1.54, 1.807) is 47.2 Å². The van der Waals surface area contributed by atoms with E-state index >= 15 is 0 Å². The summed E-state index contributed by atoms with van der Waals surface area (Å²) in [5, 5.41) is 11.2. The molecule has 4 rings (SSSR count). The molecule has 2 heterocycles. The van der Waals surface area contributed by atoms with E-state index in [1.807, 2.05) is 50.2 Å². The Kier molecular flexibility index (Phi) is 7.45. The second kappa shape index (κ2) is 10.9. The van der Waals surface area contributed by atoms with Crippen LogP contribution in [0.25, 0.3) is 11.0 Å². The fourth-order valence-electron chi connectivity index (χ4n) is 4.02. The number of nitrogens with one attached hydrogen (secondary N) is 1. The van der Waals surface area contributed by atoms with Crippen LogP contribution >= 0.6 is 0 Å². The Bertz CT molecular complexity index is 1280. The topological polar surface area (TPSA) is 102 Å². The van der Waals surface area contributed by atoms with Crippen LogP contribution < -0.4 is 10.1 Å². The monoisotopic (exact) mass is 475 g/mol.